The van der Waals surface area contributed by atoms with E-state index in [4.69, 9.17) is 12.2 Å². The molecule has 1 fully saturated rings. The molecular weight excluding hydrogens is 340 g/mol. The molecule has 26 heavy (non-hydrogen) atoms. The van der Waals surface area contributed by atoms with E-state index >= 15 is 0 Å². The van der Waals surface area contributed by atoms with Crippen molar-refractivity contribution >= 4 is 28.8 Å². The smallest absolute Gasteiger partial charge is 0.172 e. The van der Waals surface area contributed by atoms with Crippen molar-refractivity contribution in [2.45, 2.75) is 39.7 Å². The first-order chi connectivity index (χ1) is 12.5. The molecule has 0 amide bonds. The number of aryl methyl sites for hydroxylation is 1. The van der Waals surface area contributed by atoms with Gasteiger partial charge >= 0.3 is 0 Å². The molecule has 2 heterocycles. The SMILES string of the molecule is Cc1cccc(NC(=S)N[C@@H](C)c2ccc(N3CCC(C)CC3)cc2)n1. The number of hydrogen-bond donors (Lipinski definition) is 2. The molecule has 0 radical (unpaired) electrons. The van der Waals surface area contributed by atoms with E-state index in [1.54, 1.807) is 0 Å². The van der Waals surface area contributed by atoms with Gasteiger partial charge in [0.05, 0.1) is 6.04 Å². The Kier molecular flexibility index (Phi) is 6.09. The number of piperidine rings is 1. The number of rotatable bonds is 4. The first kappa shape index (κ1) is 18.6. The van der Waals surface area contributed by atoms with Crippen molar-refractivity contribution in [3.8, 4) is 0 Å². The van der Waals surface area contributed by atoms with E-state index in [0.717, 1.165) is 30.5 Å². The van der Waals surface area contributed by atoms with Gasteiger partial charge in [0.15, 0.2) is 5.11 Å². The zero-order chi connectivity index (χ0) is 18.5. The van der Waals surface area contributed by atoms with Crippen LogP contribution in [0.5, 0.6) is 0 Å². The largest absolute Gasteiger partial charge is 0.372 e. The Morgan fingerprint density at radius 2 is 1.85 bits per heavy atom. The fourth-order valence-corrected chi connectivity index (χ4v) is 3.57. The predicted molar refractivity (Wildman–Crippen MR) is 114 cm³/mol. The molecule has 0 bridgehead atoms. The maximum Gasteiger partial charge on any atom is 0.172 e. The van der Waals surface area contributed by atoms with E-state index in [1.807, 2.05) is 25.1 Å². The lowest BCUT2D eigenvalue weighted by Gasteiger charge is -2.32. The quantitative estimate of drug-likeness (QED) is 0.767. The fraction of sp³-hybridized carbons (Fsp3) is 0.429. The van der Waals surface area contributed by atoms with Crippen molar-refractivity contribution in [1.29, 1.82) is 0 Å². The van der Waals surface area contributed by atoms with E-state index in [2.05, 4.69) is 58.6 Å². The Labute approximate surface area is 162 Å². The minimum atomic E-state index is 0.134. The molecule has 5 heteroatoms. The number of nitrogens with one attached hydrogen (secondary N) is 2. The van der Waals surface area contributed by atoms with Gasteiger partial charge in [-0.05, 0) is 74.7 Å². The number of benzene rings is 1. The third-order valence-corrected chi connectivity index (χ3v) is 5.24. The van der Waals surface area contributed by atoms with Gasteiger partial charge in [-0.2, -0.15) is 0 Å². The summed E-state index contributed by atoms with van der Waals surface area (Å²) in [6, 6.07) is 14.8. The Morgan fingerprint density at radius 3 is 2.50 bits per heavy atom. The third kappa shape index (κ3) is 4.94. The molecule has 0 spiro atoms. The molecule has 4 nitrogen and oxygen atoms in total. The normalized spacial score (nSPS) is 16.2. The second kappa shape index (κ2) is 8.49. The van der Waals surface area contributed by atoms with Crippen LogP contribution >= 0.6 is 12.2 Å². The highest BCUT2D eigenvalue weighted by Crippen LogP contribution is 2.24. The Hall–Kier alpha value is -2.14. The van der Waals surface area contributed by atoms with Crippen molar-refractivity contribution in [3.63, 3.8) is 0 Å². The maximum absolute atomic E-state index is 5.42. The summed E-state index contributed by atoms with van der Waals surface area (Å²) < 4.78 is 0. The molecule has 1 aromatic heterocycles. The number of nitrogens with zero attached hydrogens (tertiary/aromatic N) is 2. The molecular formula is C21H28N4S. The number of anilines is 2. The van der Waals surface area contributed by atoms with Crippen LogP contribution in [0.3, 0.4) is 0 Å². The molecule has 1 aliphatic rings. The summed E-state index contributed by atoms with van der Waals surface area (Å²) in [4.78, 5) is 6.90. The van der Waals surface area contributed by atoms with Crippen LogP contribution in [-0.4, -0.2) is 23.2 Å². The molecule has 0 aliphatic carbocycles. The second-order valence-electron chi connectivity index (χ2n) is 7.25. The lowest BCUT2D eigenvalue weighted by molar-refractivity contribution is 0.438. The average Bonchev–Trinajstić information content (AvgIpc) is 2.62. The fourth-order valence-electron chi connectivity index (χ4n) is 3.29. The van der Waals surface area contributed by atoms with Crippen molar-refractivity contribution in [2.24, 2.45) is 5.92 Å². The van der Waals surface area contributed by atoms with Crippen LogP contribution in [0.25, 0.3) is 0 Å². The lowest BCUT2D eigenvalue weighted by Crippen LogP contribution is -2.33. The molecule has 138 valence electrons. The highest BCUT2D eigenvalue weighted by Gasteiger charge is 2.16. The summed E-state index contributed by atoms with van der Waals surface area (Å²) in [5, 5.41) is 7.07. The first-order valence-electron chi connectivity index (χ1n) is 9.37. The molecule has 0 saturated carbocycles. The van der Waals surface area contributed by atoms with Gasteiger partial charge in [-0.3, -0.25) is 0 Å². The molecule has 1 atom stereocenters. The molecule has 0 unspecified atom stereocenters. The summed E-state index contributed by atoms with van der Waals surface area (Å²) in [7, 11) is 0. The van der Waals surface area contributed by atoms with Crippen LogP contribution in [0.1, 0.15) is 44.0 Å². The van der Waals surface area contributed by atoms with Gasteiger partial charge in [0.1, 0.15) is 5.82 Å². The number of aromatic nitrogens is 1. The Morgan fingerprint density at radius 1 is 1.15 bits per heavy atom. The van der Waals surface area contributed by atoms with E-state index < -0.39 is 0 Å². The van der Waals surface area contributed by atoms with Crippen molar-refractivity contribution < 1.29 is 0 Å². The van der Waals surface area contributed by atoms with E-state index in [9.17, 15) is 0 Å². The summed E-state index contributed by atoms with van der Waals surface area (Å²) in [5.41, 5.74) is 3.51. The van der Waals surface area contributed by atoms with E-state index in [0.29, 0.717) is 5.11 Å². The predicted octanol–water partition coefficient (Wildman–Crippen LogP) is 4.67. The monoisotopic (exact) mass is 368 g/mol. The molecule has 2 aromatic rings. The highest BCUT2D eigenvalue weighted by molar-refractivity contribution is 7.80. The second-order valence-corrected chi connectivity index (χ2v) is 7.65. The van der Waals surface area contributed by atoms with Crippen molar-refractivity contribution in [3.05, 3.63) is 53.7 Å². The van der Waals surface area contributed by atoms with Gasteiger partial charge in [0.25, 0.3) is 0 Å². The van der Waals surface area contributed by atoms with Gasteiger partial charge in [-0.1, -0.05) is 25.1 Å². The van der Waals surface area contributed by atoms with Crippen LogP contribution in [0.4, 0.5) is 11.5 Å². The van der Waals surface area contributed by atoms with E-state index in [1.165, 1.54) is 24.1 Å². The van der Waals surface area contributed by atoms with Gasteiger partial charge in [-0.15, -0.1) is 0 Å². The van der Waals surface area contributed by atoms with Gasteiger partial charge < -0.3 is 15.5 Å². The number of thiocarbonyl (C=S) groups is 1. The molecule has 1 aliphatic heterocycles. The number of hydrogen-bond acceptors (Lipinski definition) is 3. The summed E-state index contributed by atoms with van der Waals surface area (Å²) in [6.45, 7) is 8.75. The topological polar surface area (TPSA) is 40.2 Å². The zero-order valence-corrected chi connectivity index (χ0v) is 16.6. The van der Waals surface area contributed by atoms with Crippen molar-refractivity contribution in [2.75, 3.05) is 23.3 Å². The van der Waals surface area contributed by atoms with Crippen LogP contribution in [0, 0.1) is 12.8 Å². The molecule has 3 rings (SSSR count). The Bertz CT molecular complexity index is 736. The summed E-state index contributed by atoms with van der Waals surface area (Å²) >= 11 is 5.42. The third-order valence-electron chi connectivity index (χ3n) is 5.02. The van der Waals surface area contributed by atoms with Crippen LogP contribution in [-0.2, 0) is 0 Å². The molecule has 1 saturated heterocycles. The maximum atomic E-state index is 5.42. The standard InChI is InChI=1S/C21H28N4S/c1-15-11-13-25(14-12-15)19-9-7-18(8-10-19)17(3)23-21(26)24-20-6-4-5-16(2)22-20/h4-10,15,17H,11-14H2,1-3H3,(H2,22,23,24,26)/t17-/m0/s1. The lowest BCUT2D eigenvalue weighted by atomic mass is 9.98. The van der Waals surface area contributed by atoms with Crippen LogP contribution < -0.4 is 15.5 Å². The van der Waals surface area contributed by atoms with Crippen molar-refractivity contribution in [1.82, 2.24) is 10.3 Å². The Balaban J connectivity index is 1.56. The average molecular weight is 369 g/mol. The summed E-state index contributed by atoms with van der Waals surface area (Å²) in [5.74, 6) is 1.62. The molecule has 1 aromatic carbocycles. The highest BCUT2D eigenvalue weighted by atomic mass is 32.1. The van der Waals surface area contributed by atoms with Crippen LogP contribution in [0.15, 0.2) is 42.5 Å². The van der Waals surface area contributed by atoms with E-state index in [-0.39, 0.29) is 6.04 Å². The van der Waals surface area contributed by atoms with Gasteiger partial charge in [0, 0.05) is 24.5 Å². The summed E-state index contributed by atoms with van der Waals surface area (Å²) in [6.07, 6.45) is 2.57. The number of pyridine rings is 1. The minimum absolute atomic E-state index is 0.134. The zero-order valence-electron chi connectivity index (χ0n) is 15.8. The molecule has 2 N–H and O–H groups in total. The van der Waals surface area contributed by atoms with Crippen LogP contribution in [0.2, 0.25) is 0 Å². The minimum Gasteiger partial charge on any atom is -0.372 e. The van der Waals surface area contributed by atoms with Gasteiger partial charge in [0.2, 0.25) is 0 Å². The first-order valence-corrected chi connectivity index (χ1v) is 9.78. The van der Waals surface area contributed by atoms with Gasteiger partial charge in [-0.25, -0.2) is 4.98 Å².